The Kier molecular flexibility index (Phi) is 3.86. The van der Waals surface area contributed by atoms with Gasteiger partial charge in [-0.15, -0.1) is 0 Å². The predicted molar refractivity (Wildman–Crippen MR) is 54.1 cm³/mol. The van der Waals surface area contributed by atoms with Crippen LogP contribution in [-0.2, 0) is 9.53 Å². The van der Waals surface area contributed by atoms with Crippen molar-refractivity contribution in [3.05, 3.63) is 45.5 Å². The lowest BCUT2D eigenvalue weighted by Gasteiger charge is -1.99. The number of rotatable bonds is 3. The molecule has 0 radical (unpaired) electrons. The van der Waals surface area contributed by atoms with Crippen LogP contribution in [0.15, 0.2) is 18.2 Å². The maximum absolute atomic E-state index is 12.9. The van der Waals surface area contributed by atoms with Gasteiger partial charge in [-0.2, -0.15) is 0 Å². The van der Waals surface area contributed by atoms with Crippen molar-refractivity contribution in [1.29, 1.82) is 0 Å². The van der Waals surface area contributed by atoms with Crippen LogP contribution in [0.3, 0.4) is 0 Å². The fourth-order valence-corrected chi connectivity index (χ4v) is 1.07. The molecule has 0 amide bonds. The van der Waals surface area contributed by atoms with E-state index in [1.165, 1.54) is 0 Å². The molecule has 1 rings (SSSR count). The molecule has 0 saturated heterocycles. The highest BCUT2D eigenvalue weighted by atomic mass is 19.2. The van der Waals surface area contributed by atoms with Gasteiger partial charge in [0.05, 0.1) is 23.7 Å². The molecule has 7 heteroatoms. The van der Waals surface area contributed by atoms with Gasteiger partial charge < -0.3 is 4.74 Å². The molecular weight excluding hydrogens is 236 g/mol. The van der Waals surface area contributed by atoms with Crippen LogP contribution < -0.4 is 0 Å². The normalized spacial score (nSPS) is 10.5. The number of nitro benzene ring substituents is 1. The van der Waals surface area contributed by atoms with Crippen LogP contribution in [0.2, 0.25) is 0 Å². The van der Waals surface area contributed by atoms with E-state index < -0.39 is 28.2 Å². The van der Waals surface area contributed by atoms with Gasteiger partial charge >= 0.3 is 5.97 Å². The van der Waals surface area contributed by atoms with Crippen LogP contribution >= 0.6 is 0 Å². The van der Waals surface area contributed by atoms with Crippen molar-refractivity contribution in [2.75, 3.05) is 7.11 Å². The van der Waals surface area contributed by atoms with Crippen molar-refractivity contribution in [3.63, 3.8) is 0 Å². The summed E-state index contributed by atoms with van der Waals surface area (Å²) in [6.45, 7) is 0. The summed E-state index contributed by atoms with van der Waals surface area (Å²) in [4.78, 5) is 20.5. The molecule has 0 heterocycles. The Labute approximate surface area is 94.5 Å². The van der Waals surface area contributed by atoms with E-state index in [9.17, 15) is 23.7 Å². The molecule has 5 nitrogen and oxygen atoms in total. The standard InChI is InChI=1S/C10H7F2NO4/c1-17-10(14)3-2-6-4-7(11)8(12)5-9(6)13(15)16/h2-5H,1H3. The molecule has 1 aromatic rings. The van der Waals surface area contributed by atoms with Gasteiger partial charge in [0, 0.05) is 6.08 Å². The molecule has 0 aliphatic carbocycles. The highest BCUT2D eigenvalue weighted by Crippen LogP contribution is 2.23. The summed E-state index contributed by atoms with van der Waals surface area (Å²) in [6, 6.07) is 1.08. The highest BCUT2D eigenvalue weighted by Gasteiger charge is 2.16. The molecule has 1 aromatic carbocycles. The number of nitro groups is 1. The molecule has 0 bridgehead atoms. The van der Waals surface area contributed by atoms with Crippen LogP contribution in [0, 0.1) is 21.7 Å². The predicted octanol–water partition coefficient (Wildman–Crippen LogP) is 2.06. The van der Waals surface area contributed by atoms with Crippen molar-refractivity contribution in [3.8, 4) is 0 Å². The second-order valence-electron chi connectivity index (χ2n) is 2.94. The highest BCUT2D eigenvalue weighted by molar-refractivity contribution is 5.87. The minimum absolute atomic E-state index is 0.223. The summed E-state index contributed by atoms with van der Waals surface area (Å²) >= 11 is 0. The van der Waals surface area contributed by atoms with E-state index in [1.54, 1.807) is 0 Å². The Bertz CT molecular complexity index is 499. The number of carbonyl (C=O) groups is 1. The summed E-state index contributed by atoms with van der Waals surface area (Å²) in [7, 11) is 1.12. The summed E-state index contributed by atoms with van der Waals surface area (Å²) in [5.74, 6) is -3.32. The van der Waals surface area contributed by atoms with Crippen LogP contribution in [0.5, 0.6) is 0 Å². The average Bonchev–Trinajstić information content (AvgIpc) is 2.29. The Hall–Kier alpha value is -2.31. The number of halogens is 2. The first-order valence-electron chi connectivity index (χ1n) is 4.35. The van der Waals surface area contributed by atoms with E-state index in [0.717, 1.165) is 19.3 Å². The van der Waals surface area contributed by atoms with Crippen LogP contribution in [-0.4, -0.2) is 18.0 Å². The summed E-state index contributed by atoms with van der Waals surface area (Å²) in [5.41, 5.74) is -0.858. The molecule has 0 aliphatic rings. The minimum atomic E-state index is -1.33. The van der Waals surface area contributed by atoms with E-state index in [4.69, 9.17) is 0 Å². The van der Waals surface area contributed by atoms with Crippen LogP contribution in [0.25, 0.3) is 6.08 Å². The van der Waals surface area contributed by atoms with Gasteiger partial charge in [-0.3, -0.25) is 10.1 Å². The van der Waals surface area contributed by atoms with E-state index in [0.29, 0.717) is 12.1 Å². The summed E-state index contributed by atoms with van der Waals surface area (Å²) < 4.78 is 29.9. The van der Waals surface area contributed by atoms with Crippen molar-refractivity contribution in [2.24, 2.45) is 0 Å². The summed E-state index contributed by atoms with van der Waals surface area (Å²) in [6.07, 6.45) is 1.85. The lowest BCUT2D eigenvalue weighted by molar-refractivity contribution is -0.385. The zero-order valence-corrected chi connectivity index (χ0v) is 8.65. The number of nitrogens with zero attached hydrogens (tertiary/aromatic N) is 1. The first kappa shape index (κ1) is 12.8. The SMILES string of the molecule is COC(=O)C=Cc1cc(F)c(F)cc1[N+](=O)[O-]. The maximum atomic E-state index is 12.9. The molecule has 0 atom stereocenters. The van der Waals surface area contributed by atoms with Gasteiger partial charge in [0.2, 0.25) is 0 Å². The van der Waals surface area contributed by atoms with E-state index in [2.05, 4.69) is 4.74 Å². The van der Waals surface area contributed by atoms with Gasteiger partial charge in [0.25, 0.3) is 5.69 Å². The second-order valence-corrected chi connectivity index (χ2v) is 2.94. The average molecular weight is 243 g/mol. The van der Waals surface area contributed by atoms with Crippen molar-refractivity contribution >= 4 is 17.7 Å². The quantitative estimate of drug-likeness (QED) is 0.352. The fraction of sp³-hybridized carbons (Fsp3) is 0.100. The summed E-state index contributed by atoms with van der Waals surface area (Å²) in [5, 5.41) is 10.6. The number of benzene rings is 1. The largest absolute Gasteiger partial charge is 0.466 e. The first-order valence-corrected chi connectivity index (χ1v) is 4.35. The number of carbonyl (C=O) groups excluding carboxylic acids is 1. The maximum Gasteiger partial charge on any atom is 0.330 e. The molecule has 0 N–H and O–H groups in total. The third-order valence-corrected chi connectivity index (χ3v) is 1.87. The molecule has 0 spiro atoms. The van der Waals surface area contributed by atoms with Crippen molar-refractivity contribution in [1.82, 2.24) is 0 Å². The number of esters is 1. The zero-order chi connectivity index (χ0) is 13.0. The number of ether oxygens (including phenoxy) is 1. The Morgan fingerprint density at radius 1 is 1.41 bits per heavy atom. The molecule has 0 saturated carbocycles. The lowest BCUT2D eigenvalue weighted by Crippen LogP contribution is -1.97. The first-order chi connectivity index (χ1) is 7.95. The Morgan fingerprint density at radius 2 is 2.00 bits per heavy atom. The van der Waals surface area contributed by atoms with Gasteiger partial charge in [-0.25, -0.2) is 13.6 Å². The van der Waals surface area contributed by atoms with E-state index in [1.807, 2.05) is 0 Å². The molecule has 90 valence electrons. The fourth-order valence-electron chi connectivity index (χ4n) is 1.07. The van der Waals surface area contributed by atoms with Gasteiger partial charge in [-0.05, 0) is 12.1 Å². The molecule has 0 aromatic heterocycles. The monoisotopic (exact) mass is 243 g/mol. The molecular formula is C10H7F2NO4. The number of methoxy groups -OCH3 is 1. The molecule has 0 aliphatic heterocycles. The minimum Gasteiger partial charge on any atom is -0.466 e. The molecule has 17 heavy (non-hydrogen) atoms. The third-order valence-electron chi connectivity index (χ3n) is 1.87. The van der Waals surface area contributed by atoms with Gasteiger partial charge in [0.15, 0.2) is 11.6 Å². The van der Waals surface area contributed by atoms with Gasteiger partial charge in [0.1, 0.15) is 0 Å². The Morgan fingerprint density at radius 3 is 2.53 bits per heavy atom. The van der Waals surface area contributed by atoms with Crippen LogP contribution in [0.4, 0.5) is 14.5 Å². The Balaban J connectivity index is 3.22. The number of hydrogen-bond donors (Lipinski definition) is 0. The topological polar surface area (TPSA) is 69.4 Å². The molecule has 0 fully saturated rings. The van der Waals surface area contributed by atoms with Crippen molar-refractivity contribution < 1.29 is 23.2 Å². The smallest absolute Gasteiger partial charge is 0.330 e. The van der Waals surface area contributed by atoms with Gasteiger partial charge in [-0.1, -0.05) is 0 Å². The number of hydrogen-bond acceptors (Lipinski definition) is 4. The van der Waals surface area contributed by atoms with E-state index >= 15 is 0 Å². The van der Waals surface area contributed by atoms with E-state index in [-0.39, 0.29) is 5.56 Å². The van der Waals surface area contributed by atoms with Crippen LogP contribution in [0.1, 0.15) is 5.56 Å². The second kappa shape index (κ2) is 5.15. The van der Waals surface area contributed by atoms with Crippen molar-refractivity contribution in [2.45, 2.75) is 0 Å². The zero-order valence-electron chi connectivity index (χ0n) is 8.65. The third kappa shape index (κ3) is 3.07. The molecule has 0 unspecified atom stereocenters. The lowest BCUT2D eigenvalue weighted by atomic mass is 10.1.